The summed E-state index contributed by atoms with van der Waals surface area (Å²) in [6.07, 6.45) is 0. The van der Waals surface area contributed by atoms with Gasteiger partial charge in [0, 0.05) is 37.4 Å². The second-order valence-corrected chi connectivity index (χ2v) is 8.88. The number of nitrogens with zero attached hydrogens (tertiary/aromatic N) is 5. The first kappa shape index (κ1) is 21.5. The van der Waals surface area contributed by atoms with Crippen molar-refractivity contribution in [2.45, 2.75) is 0 Å². The molecular weight excluding hydrogens is 440 g/mol. The normalized spacial score (nSPS) is 14.7. The topological polar surface area (TPSA) is 71.4 Å². The van der Waals surface area contributed by atoms with Gasteiger partial charge in [-0.25, -0.2) is 9.97 Å². The number of para-hydroxylation sites is 2. The number of ether oxygens (including phenoxy) is 2. The number of likely N-dealkylation sites (N-methyl/N-ethyl adjacent to an activating group) is 1. The molecule has 6 rings (SSSR count). The summed E-state index contributed by atoms with van der Waals surface area (Å²) in [7, 11) is 5.46. The van der Waals surface area contributed by atoms with E-state index in [0.29, 0.717) is 11.5 Å². The number of methoxy groups -OCH3 is 2. The summed E-state index contributed by atoms with van der Waals surface area (Å²) in [4.78, 5) is 18.2. The van der Waals surface area contributed by atoms with E-state index in [1.807, 2.05) is 42.5 Å². The van der Waals surface area contributed by atoms with Crippen LogP contribution in [0.15, 0.2) is 60.7 Å². The van der Waals surface area contributed by atoms with Crippen LogP contribution in [0.2, 0.25) is 0 Å². The van der Waals surface area contributed by atoms with Gasteiger partial charge in [-0.3, -0.25) is 4.57 Å². The number of fused-ring (bicyclic) bond motifs is 2. The van der Waals surface area contributed by atoms with Gasteiger partial charge in [-0.1, -0.05) is 12.1 Å². The zero-order valence-corrected chi connectivity index (χ0v) is 20.2. The quantitative estimate of drug-likeness (QED) is 0.414. The Hall–Kier alpha value is -4.04. The number of hydrogen-bond acceptors (Lipinski definition) is 6. The van der Waals surface area contributed by atoms with E-state index in [4.69, 9.17) is 19.4 Å². The van der Waals surface area contributed by atoms with E-state index in [1.54, 1.807) is 14.2 Å². The summed E-state index contributed by atoms with van der Waals surface area (Å²) in [5, 5.41) is 0. The lowest BCUT2D eigenvalue weighted by atomic mass is 10.2. The van der Waals surface area contributed by atoms with Crippen LogP contribution in [-0.2, 0) is 0 Å². The van der Waals surface area contributed by atoms with Crippen LogP contribution in [0.3, 0.4) is 0 Å². The Bertz CT molecular complexity index is 1480. The molecule has 8 heteroatoms. The highest BCUT2D eigenvalue weighted by atomic mass is 16.5. The molecule has 1 aliphatic heterocycles. The fraction of sp³-hybridized carbons (Fsp3) is 0.259. The molecule has 178 valence electrons. The predicted molar refractivity (Wildman–Crippen MR) is 139 cm³/mol. The fourth-order valence-electron chi connectivity index (χ4n) is 4.76. The first-order chi connectivity index (χ1) is 17.1. The number of H-pyrrole nitrogens is 1. The molecule has 3 aromatic carbocycles. The van der Waals surface area contributed by atoms with E-state index in [2.05, 4.69) is 44.6 Å². The molecular formula is C27H28N6O2. The Labute approximate surface area is 203 Å². The van der Waals surface area contributed by atoms with Crippen molar-refractivity contribution >= 4 is 27.8 Å². The number of aromatic amines is 1. The van der Waals surface area contributed by atoms with Gasteiger partial charge >= 0.3 is 0 Å². The molecule has 8 nitrogen and oxygen atoms in total. The molecule has 1 N–H and O–H groups in total. The van der Waals surface area contributed by atoms with Crippen molar-refractivity contribution in [1.82, 2.24) is 24.4 Å². The largest absolute Gasteiger partial charge is 0.493 e. The molecule has 3 heterocycles. The first-order valence-corrected chi connectivity index (χ1v) is 11.8. The van der Waals surface area contributed by atoms with Gasteiger partial charge in [-0.05, 0) is 55.6 Å². The summed E-state index contributed by atoms with van der Waals surface area (Å²) >= 11 is 0. The third kappa shape index (κ3) is 3.76. The van der Waals surface area contributed by atoms with Gasteiger partial charge in [-0.15, -0.1) is 0 Å². The van der Waals surface area contributed by atoms with E-state index in [9.17, 15) is 0 Å². The SMILES string of the molecule is COc1ccc(-c2nc3cc(N4CCN(C)CC4)ccc3n2-c2nc3ccccc3[nH]2)cc1OC. The molecule has 5 aromatic rings. The van der Waals surface area contributed by atoms with Crippen molar-refractivity contribution in [2.75, 3.05) is 52.3 Å². The van der Waals surface area contributed by atoms with Crippen LogP contribution < -0.4 is 14.4 Å². The number of aromatic nitrogens is 4. The maximum Gasteiger partial charge on any atom is 0.214 e. The second kappa shape index (κ2) is 8.63. The highest BCUT2D eigenvalue weighted by Gasteiger charge is 2.21. The molecule has 0 bridgehead atoms. The van der Waals surface area contributed by atoms with Crippen molar-refractivity contribution in [3.63, 3.8) is 0 Å². The molecule has 1 fully saturated rings. The lowest BCUT2D eigenvalue weighted by Crippen LogP contribution is -2.44. The summed E-state index contributed by atoms with van der Waals surface area (Å²) in [6, 6.07) is 20.4. The van der Waals surface area contributed by atoms with Gasteiger partial charge in [0.2, 0.25) is 5.95 Å². The van der Waals surface area contributed by atoms with Crippen LogP contribution in [0.4, 0.5) is 5.69 Å². The maximum absolute atomic E-state index is 5.58. The van der Waals surface area contributed by atoms with Gasteiger partial charge in [0.05, 0.1) is 36.3 Å². The summed E-state index contributed by atoms with van der Waals surface area (Å²) in [5.41, 5.74) is 5.92. The molecule has 0 amide bonds. The standard InChI is InChI=1S/C27H28N6O2/c1-31-12-14-32(15-13-31)19-9-10-23-22(17-19)28-26(18-8-11-24(34-2)25(16-18)35-3)33(23)27-29-20-6-4-5-7-21(20)30-27/h4-11,16-17H,12-15H2,1-3H3,(H,29,30). The molecule has 0 unspecified atom stereocenters. The Balaban J connectivity index is 1.54. The van der Waals surface area contributed by atoms with Gasteiger partial charge in [0.1, 0.15) is 5.82 Å². The highest BCUT2D eigenvalue weighted by Crippen LogP contribution is 2.35. The lowest BCUT2D eigenvalue weighted by molar-refractivity contribution is 0.313. The number of rotatable bonds is 5. The minimum absolute atomic E-state index is 0.659. The van der Waals surface area contributed by atoms with Gasteiger partial charge in [-0.2, -0.15) is 0 Å². The van der Waals surface area contributed by atoms with E-state index in [0.717, 1.165) is 65.6 Å². The molecule has 0 spiro atoms. The highest BCUT2D eigenvalue weighted by molar-refractivity contribution is 5.87. The van der Waals surface area contributed by atoms with Crippen LogP contribution in [0.25, 0.3) is 39.4 Å². The smallest absolute Gasteiger partial charge is 0.214 e. The third-order valence-electron chi connectivity index (χ3n) is 6.74. The first-order valence-electron chi connectivity index (χ1n) is 11.8. The summed E-state index contributed by atoms with van der Waals surface area (Å²) in [6.45, 7) is 4.13. The second-order valence-electron chi connectivity index (χ2n) is 8.88. The van der Waals surface area contributed by atoms with Crippen LogP contribution in [-0.4, -0.2) is 71.9 Å². The molecule has 35 heavy (non-hydrogen) atoms. The molecule has 1 saturated heterocycles. The zero-order chi connectivity index (χ0) is 23.9. The minimum atomic E-state index is 0.659. The average molecular weight is 469 g/mol. The number of hydrogen-bond donors (Lipinski definition) is 1. The number of benzene rings is 3. The summed E-state index contributed by atoms with van der Waals surface area (Å²) in [5.74, 6) is 2.85. The number of imidazole rings is 2. The Morgan fingerprint density at radius 1 is 0.800 bits per heavy atom. The third-order valence-corrected chi connectivity index (χ3v) is 6.74. The maximum atomic E-state index is 5.58. The van der Waals surface area contributed by atoms with Crippen LogP contribution in [0.1, 0.15) is 0 Å². The van der Waals surface area contributed by atoms with Crippen LogP contribution in [0, 0.1) is 0 Å². The minimum Gasteiger partial charge on any atom is -0.493 e. The van der Waals surface area contributed by atoms with E-state index < -0.39 is 0 Å². The molecule has 1 aliphatic rings. The Kier molecular flexibility index (Phi) is 5.30. The van der Waals surface area contributed by atoms with E-state index in [1.165, 1.54) is 5.69 Å². The average Bonchev–Trinajstić information content (AvgIpc) is 3.49. The van der Waals surface area contributed by atoms with E-state index in [-0.39, 0.29) is 0 Å². The van der Waals surface area contributed by atoms with Gasteiger partial charge in [0.15, 0.2) is 11.5 Å². The van der Waals surface area contributed by atoms with Gasteiger partial charge in [0.25, 0.3) is 0 Å². The zero-order valence-electron chi connectivity index (χ0n) is 20.2. The molecule has 0 radical (unpaired) electrons. The van der Waals surface area contributed by atoms with Crippen molar-refractivity contribution in [3.05, 3.63) is 60.7 Å². The lowest BCUT2D eigenvalue weighted by Gasteiger charge is -2.34. The molecule has 2 aromatic heterocycles. The number of anilines is 1. The number of piperazine rings is 1. The fourth-order valence-corrected chi connectivity index (χ4v) is 4.76. The van der Waals surface area contributed by atoms with Crippen molar-refractivity contribution in [3.8, 4) is 28.8 Å². The molecule has 0 saturated carbocycles. The van der Waals surface area contributed by atoms with Gasteiger partial charge < -0.3 is 24.3 Å². The monoisotopic (exact) mass is 468 g/mol. The van der Waals surface area contributed by atoms with Crippen molar-refractivity contribution < 1.29 is 9.47 Å². The van der Waals surface area contributed by atoms with Crippen LogP contribution >= 0.6 is 0 Å². The summed E-state index contributed by atoms with van der Waals surface area (Å²) < 4.78 is 13.1. The molecule has 0 atom stereocenters. The van der Waals surface area contributed by atoms with Crippen LogP contribution in [0.5, 0.6) is 11.5 Å². The van der Waals surface area contributed by atoms with Crippen molar-refractivity contribution in [1.29, 1.82) is 0 Å². The Morgan fingerprint density at radius 2 is 1.60 bits per heavy atom. The number of nitrogens with one attached hydrogen (secondary N) is 1. The van der Waals surface area contributed by atoms with E-state index >= 15 is 0 Å². The van der Waals surface area contributed by atoms with Crippen molar-refractivity contribution in [2.24, 2.45) is 0 Å². The Morgan fingerprint density at radius 3 is 2.37 bits per heavy atom. The predicted octanol–water partition coefficient (Wildman–Crippen LogP) is 4.34. The molecule has 0 aliphatic carbocycles.